The van der Waals surface area contributed by atoms with E-state index in [1.54, 1.807) is 54.8 Å². The molecule has 168 valence electrons. The number of urea groups is 1. The van der Waals surface area contributed by atoms with Crippen LogP contribution in [-0.4, -0.2) is 42.2 Å². The van der Waals surface area contributed by atoms with E-state index in [1.807, 2.05) is 26.0 Å². The SMILES string of the molecule is CCOC(=O)C(C)(C)Oc1c(C)cc(CN2CCN(c3ccc(C#N)cc3)C2=O)cc1C. The number of aryl methyl sites for hydroxylation is 2. The fraction of sp³-hybridized carbons (Fsp3) is 0.400. The van der Waals surface area contributed by atoms with E-state index in [1.165, 1.54) is 0 Å². The molecule has 3 rings (SSSR count). The van der Waals surface area contributed by atoms with Crippen LogP contribution in [0, 0.1) is 25.2 Å². The van der Waals surface area contributed by atoms with Crippen LogP contribution in [0.1, 0.15) is 43.0 Å². The summed E-state index contributed by atoms with van der Waals surface area (Å²) in [4.78, 5) is 28.7. The fourth-order valence-corrected chi connectivity index (χ4v) is 3.80. The molecule has 1 saturated heterocycles. The highest BCUT2D eigenvalue weighted by atomic mass is 16.6. The Kier molecular flexibility index (Phi) is 6.73. The van der Waals surface area contributed by atoms with Crippen molar-refractivity contribution in [3.8, 4) is 11.8 Å². The van der Waals surface area contributed by atoms with Crippen LogP contribution < -0.4 is 9.64 Å². The molecule has 2 amide bonds. The van der Waals surface area contributed by atoms with Crippen molar-refractivity contribution in [3.05, 3.63) is 58.7 Å². The first-order chi connectivity index (χ1) is 15.2. The van der Waals surface area contributed by atoms with Crippen LogP contribution >= 0.6 is 0 Å². The van der Waals surface area contributed by atoms with Crippen LogP contribution in [-0.2, 0) is 16.1 Å². The lowest BCUT2D eigenvalue weighted by Gasteiger charge is -2.27. The molecule has 2 aromatic rings. The number of esters is 1. The molecule has 7 heteroatoms. The number of hydrogen-bond acceptors (Lipinski definition) is 5. The van der Waals surface area contributed by atoms with Gasteiger partial charge in [-0.25, -0.2) is 9.59 Å². The van der Waals surface area contributed by atoms with Gasteiger partial charge in [-0.3, -0.25) is 4.90 Å². The van der Waals surface area contributed by atoms with Gasteiger partial charge in [-0.05, 0) is 75.6 Å². The zero-order valence-corrected chi connectivity index (χ0v) is 19.3. The van der Waals surface area contributed by atoms with Crippen LogP contribution in [0.5, 0.6) is 5.75 Å². The van der Waals surface area contributed by atoms with E-state index < -0.39 is 11.6 Å². The van der Waals surface area contributed by atoms with Gasteiger partial charge >= 0.3 is 12.0 Å². The van der Waals surface area contributed by atoms with Gasteiger partial charge in [0.15, 0.2) is 5.60 Å². The molecule has 1 aliphatic heterocycles. The molecule has 0 bridgehead atoms. The molecule has 0 aromatic heterocycles. The fourth-order valence-electron chi connectivity index (χ4n) is 3.80. The molecule has 7 nitrogen and oxygen atoms in total. The summed E-state index contributed by atoms with van der Waals surface area (Å²) in [6.45, 7) is 11.0. The standard InChI is InChI=1S/C25H29N3O4/c1-6-31-23(29)25(4,5)32-22-17(2)13-20(14-18(22)3)16-27-11-12-28(24(27)30)21-9-7-19(15-26)8-10-21/h7-10,13-14H,6,11-12,16H2,1-5H3. The molecule has 0 saturated carbocycles. The molecule has 32 heavy (non-hydrogen) atoms. The molecule has 0 aliphatic carbocycles. The third-order valence-electron chi connectivity index (χ3n) is 5.42. The van der Waals surface area contributed by atoms with Gasteiger partial charge in [0, 0.05) is 25.3 Å². The van der Waals surface area contributed by atoms with Crippen molar-refractivity contribution < 1.29 is 19.1 Å². The second kappa shape index (κ2) is 9.31. The van der Waals surface area contributed by atoms with E-state index >= 15 is 0 Å². The van der Waals surface area contributed by atoms with Crippen molar-refractivity contribution in [1.82, 2.24) is 4.90 Å². The van der Waals surface area contributed by atoms with Gasteiger partial charge in [0.05, 0.1) is 18.2 Å². The smallest absolute Gasteiger partial charge is 0.349 e. The largest absolute Gasteiger partial charge is 0.476 e. The van der Waals surface area contributed by atoms with Gasteiger partial charge in [0.2, 0.25) is 0 Å². The summed E-state index contributed by atoms with van der Waals surface area (Å²) < 4.78 is 11.1. The number of anilines is 1. The number of benzene rings is 2. The second-order valence-electron chi connectivity index (χ2n) is 8.41. The number of nitriles is 1. The lowest BCUT2D eigenvalue weighted by molar-refractivity contribution is -0.158. The number of amides is 2. The third-order valence-corrected chi connectivity index (χ3v) is 5.42. The first-order valence-electron chi connectivity index (χ1n) is 10.7. The van der Waals surface area contributed by atoms with E-state index in [4.69, 9.17) is 14.7 Å². The van der Waals surface area contributed by atoms with Crippen LogP contribution in [0.2, 0.25) is 0 Å². The number of ether oxygens (including phenoxy) is 2. The molecule has 0 radical (unpaired) electrons. The number of nitrogens with zero attached hydrogens (tertiary/aromatic N) is 3. The zero-order valence-electron chi connectivity index (χ0n) is 19.3. The maximum Gasteiger partial charge on any atom is 0.349 e. The van der Waals surface area contributed by atoms with E-state index in [9.17, 15) is 9.59 Å². The Bertz CT molecular complexity index is 1030. The number of hydrogen-bond donors (Lipinski definition) is 0. The molecule has 2 aromatic carbocycles. The zero-order chi connectivity index (χ0) is 23.5. The van der Waals surface area contributed by atoms with Gasteiger partial charge < -0.3 is 14.4 Å². The summed E-state index contributed by atoms with van der Waals surface area (Å²) >= 11 is 0. The summed E-state index contributed by atoms with van der Waals surface area (Å²) in [6, 6.07) is 13.0. The third kappa shape index (κ3) is 4.86. The molecule has 1 heterocycles. The van der Waals surface area contributed by atoms with Crippen molar-refractivity contribution >= 4 is 17.7 Å². The molecule has 0 N–H and O–H groups in total. The topological polar surface area (TPSA) is 82.9 Å². The highest BCUT2D eigenvalue weighted by molar-refractivity contribution is 5.94. The average Bonchev–Trinajstić information content (AvgIpc) is 3.11. The molecular formula is C25H29N3O4. The molecule has 1 fully saturated rings. The van der Waals surface area contributed by atoms with Crippen molar-refractivity contribution in [2.24, 2.45) is 0 Å². The molecule has 1 aliphatic rings. The first-order valence-corrected chi connectivity index (χ1v) is 10.7. The second-order valence-corrected chi connectivity index (χ2v) is 8.41. The minimum absolute atomic E-state index is 0.0613. The van der Waals surface area contributed by atoms with Crippen LogP contribution in [0.25, 0.3) is 0 Å². The average molecular weight is 436 g/mol. The summed E-state index contributed by atoms with van der Waals surface area (Å²) in [5.74, 6) is 0.243. The van der Waals surface area contributed by atoms with Crippen molar-refractivity contribution in [2.75, 3.05) is 24.6 Å². The Hall–Kier alpha value is -3.53. The monoisotopic (exact) mass is 435 g/mol. The highest BCUT2D eigenvalue weighted by Gasteiger charge is 2.33. The summed E-state index contributed by atoms with van der Waals surface area (Å²) in [6.07, 6.45) is 0. The Labute approximate surface area is 189 Å². The van der Waals surface area contributed by atoms with Gasteiger partial charge in [0.1, 0.15) is 5.75 Å². The Morgan fingerprint density at radius 2 is 1.75 bits per heavy atom. The van der Waals surface area contributed by atoms with Crippen LogP contribution in [0.3, 0.4) is 0 Å². The van der Waals surface area contributed by atoms with Gasteiger partial charge in [-0.15, -0.1) is 0 Å². The molecular weight excluding hydrogens is 406 g/mol. The summed E-state index contributed by atoms with van der Waals surface area (Å²) in [5, 5.41) is 8.96. The maximum atomic E-state index is 12.9. The van der Waals surface area contributed by atoms with Crippen molar-refractivity contribution in [3.63, 3.8) is 0 Å². The van der Waals surface area contributed by atoms with E-state index in [0.717, 1.165) is 22.4 Å². The molecule has 0 atom stereocenters. The van der Waals surface area contributed by atoms with Gasteiger partial charge in [-0.1, -0.05) is 12.1 Å². The Morgan fingerprint density at radius 1 is 1.12 bits per heavy atom. The Balaban J connectivity index is 1.72. The predicted octanol–water partition coefficient (Wildman–Crippen LogP) is 4.34. The number of rotatable bonds is 7. The van der Waals surface area contributed by atoms with E-state index in [2.05, 4.69) is 6.07 Å². The number of carbonyl (C=O) groups excluding carboxylic acids is 2. The minimum Gasteiger partial charge on any atom is -0.476 e. The van der Waals surface area contributed by atoms with E-state index in [0.29, 0.717) is 37.6 Å². The van der Waals surface area contributed by atoms with Crippen LogP contribution in [0.15, 0.2) is 36.4 Å². The minimum atomic E-state index is -1.10. The summed E-state index contributed by atoms with van der Waals surface area (Å²) in [5.41, 5.74) is 3.04. The first kappa shape index (κ1) is 23.1. The molecule has 0 unspecified atom stereocenters. The van der Waals surface area contributed by atoms with E-state index in [-0.39, 0.29) is 6.03 Å². The van der Waals surface area contributed by atoms with Crippen molar-refractivity contribution in [1.29, 1.82) is 5.26 Å². The van der Waals surface area contributed by atoms with Crippen molar-refractivity contribution in [2.45, 2.75) is 46.8 Å². The van der Waals surface area contributed by atoms with Gasteiger partial charge in [0.25, 0.3) is 0 Å². The highest BCUT2D eigenvalue weighted by Crippen LogP contribution is 2.30. The Morgan fingerprint density at radius 3 is 2.31 bits per heavy atom. The normalized spacial score (nSPS) is 13.8. The van der Waals surface area contributed by atoms with Gasteiger partial charge in [-0.2, -0.15) is 5.26 Å². The maximum absolute atomic E-state index is 12.9. The predicted molar refractivity (Wildman–Crippen MR) is 122 cm³/mol. The lowest BCUT2D eigenvalue weighted by Crippen LogP contribution is -2.40. The molecule has 0 spiro atoms. The summed E-state index contributed by atoms with van der Waals surface area (Å²) in [7, 11) is 0. The lowest BCUT2D eigenvalue weighted by atomic mass is 10.0. The van der Waals surface area contributed by atoms with Crippen LogP contribution in [0.4, 0.5) is 10.5 Å². The quantitative estimate of drug-likeness (QED) is 0.604. The number of carbonyl (C=O) groups is 2.